The zero-order valence-corrected chi connectivity index (χ0v) is 12.4. The van der Waals surface area contributed by atoms with E-state index in [4.69, 9.17) is 18.7 Å². The lowest BCUT2D eigenvalue weighted by atomic mass is 10.1. The lowest BCUT2D eigenvalue weighted by Gasteiger charge is -2.04. The van der Waals surface area contributed by atoms with E-state index in [0.717, 1.165) is 21.9 Å². The second kappa shape index (κ2) is 5.66. The van der Waals surface area contributed by atoms with Crippen molar-refractivity contribution >= 4 is 28.1 Å². The first-order valence-corrected chi connectivity index (χ1v) is 7.21. The molecule has 2 aromatic heterocycles. The van der Waals surface area contributed by atoms with Gasteiger partial charge in [0.25, 0.3) is 5.95 Å². The molecule has 0 radical (unpaired) electrons. The summed E-state index contributed by atoms with van der Waals surface area (Å²) in [6.07, 6.45) is -0.0292. The van der Waals surface area contributed by atoms with E-state index < -0.39 is 6.16 Å². The predicted molar refractivity (Wildman–Crippen MR) is 85.4 cm³/mol. The zero-order chi connectivity index (χ0) is 16.5. The molecular formula is C18H12O6. The second-order valence-corrected chi connectivity index (χ2v) is 5.19. The van der Waals surface area contributed by atoms with Gasteiger partial charge in [-0.05, 0) is 24.3 Å². The summed E-state index contributed by atoms with van der Waals surface area (Å²) in [5.74, 6) is 0.591. The van der Waals surface area contributed by atoms with Crippen molar-refractivity contribution in [2.75, 3.05) is 0 Å². The number of rotatable bonds is 4. The van der Waals surface area contributed by atoms with Gasteiger partial charge < -0.3 is 23.4 Å². The van der Waals surface area contributed by atoms with Crippen molar-refractivity contribution in [3.05, 3.63) is 60.4 Å². The summed E-state index contributed by atoms with van der Waals surface area (Å²) in [6.45, 7) is 0.230. The second-order valence-electron chi connectivity index (χ2n) is 5.19. The third-order valence-electron chi connectivity index (χ3n) is 3.57. The van der Waals surface area contributed by atoms with Gasteiger partial charge in [0.15, 0.2) is 0 Å². The number of benzene rings is 2. The fourth-order valence-corrected chi connectivity index (χ4v) is 2.53. The van der Waals surface area contributed by atoms with E-state index in [1.807, 2.05) is 42.5 Å². The van der Waals surface area contributed by atoms with Crippen LogP contribution in [-0.4, -0.2) is 11.3 Å². The van der Waals surface area contributed by atoms with Crippen LogP contribution < -0.4 is 9.47 Å². The van der Waals surface area contributed by atoms with Crippen LogP contribution in [0.25, 0.3) is 21.9 Å². The molecular weight excluding hydrogens is 312 g/mol. The van der Waals surface area contributed by atoms with Crippen molar-refractivity contribution in [2.24, 2.45) is 0 Å². The van der Waals surface area contributed by atoms with Crippen LogP contribution in [0.2, 0.25) is 0 Å². The van der Waals surface area contributed by atoms with Crippen LogP contribution in [-0.2, 0) is 6.61 Å². The number of hydrogen-bond donors (Lipinski definition) is 1. The molecule has 4 rings (SSSR count). The molecule has 0 saturated carbocycles. The topological polar surface area (TPSA) is 82.0 Å². The Labute approximate surface area is 135 Å². The Kier molecular flexibility index (Phi) is 3.35. The lowest BCUT2D eigenvalue weighted by Crippen LogP contribution is -2.01. The molecule has 6 heteroatoms. The van der Waals surface area contributed by atoms with E-state index >= 15 is 0 Å². The highest BCUT2D eigenvalue weighted by Gasteiger charge is 2.09. The highest BCUT2D eigenvalue weighted by Crippen LogP contribution is 2.31. The molecule has 0 saturated heterocycles. The molecule has 0 atom stereocenters. The highest BCUT2D eigenvalue weighted by atomic mass is 16.7. The monoisotopic (exact) mass is 324 g/mol. The summed E-state index contributed by atoms with van der Waals surface area (Å²) >= 11 is 0. The number of ether oxygens (including phenoxy) is 2. The van der Waals surface area contributed by atoms with Gasteiger partial charge in [-0.25, -0.2) is 4.79 Å². The molecule has 6 nitrogen and oxygen atoms in total. The van der Waals surface area contributed by atoms with Crippen LogP contribution in [0.4, 0.5) is 4.79 Å². The fourth-order valence-electron chi connectivity index (χ4n) is 2.53. The molecule has 2 aromatic carbocycles. The Morgan fingerprint density at radius 3 is 2.75 bits per heavy atom. The first-order valence-electron chi connectivity index (χ1n) is 7.21. The van der Waals surface area contributed by atoms with Crippen molar-refractivity contribution in [3.63, 3.8) is 0 Å². The maximum Gasteiger partial charge on any atom is 0.513 e. The molecule has 4 aromatic rings. The third-order valence-corrected chi connectivity index (χ3v) is 3.57. The summed E-state index contributed by atoms with van der Waals surface area (Å²) in [7, 11) is 0. The van der Waals surface area contributed by atoms with Crippen molar-refractivity contribution < 1.29 is 28.2 Å². The quantitative estimate of drug-likeness (QED) is 0.542. The minimum atomic E-state index is -1.42. The Balaban J connectivity index is 1.55. The van der Waals surface area contributed by atoms with Gasteiger partial charge in [-0.1, -0.05) is 18.2 Å². The minimum absolute atomic E-state index is 0.0858. The van der Waals surface area contributed by atoms with Gasteiger partial charge >= 0.3 is 6.16 Å². The molecule has 1 N–H and O–H groups in total. The van der Waals surface area contributed by atoms with Crippen molar-refractivity contribution in [2.45, 2.75) is 6.61 Å². The van der Waals surface area contributed by atoms with Gasteiger partial charge in [0.1, 0.15) is 29.8 Å². The minimum Gasteiger partial charge on any atom is -0.489 e. The van der Waals surface area contributed by atoms with Gasteiger partial charge in [0.05, 0.1) is 0 Å². The Morgan fingerprint density at radius 1 is 1.04 bits per heavy atom. The summed E-state index contributed by atoms with van der Waals surface area (Å²) in [5, 5.41) is 10.5. The van der Waals surface area contributed by atoms with Crippen molar-refractivity contribution in [3.8, 4) is 11.7 Å². The normalized spacial score (nSPS) is 11.0. The van der Waals surface area contributed by atoms with Crippen LogP contribution in [0, 0.1) is 0 Å². The smallest absolute Gasteiger partial charge is 0.489 e. The predicted octanol–water partition coefficient (Wildman–Crippen LogP) is 4.81. The summed E-state index contributed by atoms with van der Waals surface area (Å²) in [4.78, 5) is 10.4. The number of hydrogen-bond acceptors (Lipinski definition) is 5. The van der Waals surface area contributed by atoms with Gasteiger partial charge in [-0.3, -0.25) is 0 Å². The summed E-state index contributed by atoms with van der Waals surface area (Å²) in [5.41, 5.74) is 2.29. The zero-order valence-electron chi connectivity index (χ0n) is 12.4. The first kappa shape index (κ1) is 14.2. The molecule has 0 aliphatic carbocycles. The fraction of sp³-hybridized carbons (Fsp3) is 0.0556. The van der Waals surface area contributed by atoms with Crippen molar-refractivity contribution in [1.29, 1.82) is 0 Å². The average molecular weight is 324 g/mol. The number of carboxylic acid groups (broad SMARTS) is 1. The molecule has 0 bridgehead atoms. The first-order chi connectivity index (χ1) is 11.7. The highest BCUT2D eigenvalue weighted by molar-refractivity contribution is 6.05. The maximum atomic E-state index is 10.4. The van der Waals surface area contributed by atoms with E-state index in [0.29, 0.717) is 11.3 Å². The van der Waals surface area contributed by atoms with Gasteiger partial charge in [-0.2, -0.15) is 0 Å². The Bertz CT molecular complexity index is 1030. The molecule has 2 heterocycles. The third kappa shape index (κ3) is 2.65. The maximum absolute atomic E-state index is 10.4. The molecule has 0 aliphatic rings. The van der Waals surface area contributed by atoms with E-state index in [-0.39, 0.29) is 12.6 Å². The SMILES string of the molecule is O=C(O)Oc1cc(COc2ccc3oc4ccccc4c3c2)co1. The van der Waals surface area contributed by atoms with Crippen molar-refractivity contribution in [1.82, 2.24) is 0 Å². The molecule has 0 aliphatic heterocycles. The van der Waals surface area contributed by atoms with Crippen LogP contribution in [0.1, 0.15) is 5.56 Å². The standard InChI is InChI=1S/C18H12O6/c19-18(20)24-17-7-11(10-22-17)9-21-12-5-6-16-14(8-12)13-3-1-2-4-15(13)23-16/h1-8,10H,9H2,(H,19,20). The van der Waals surface area contributed by atoms with Crippen LogP contribution in [0.15, 0.2) is 63.6 Å². The van der Waals surface area contributed by atoms with Crippen LogP contribution in [0.5, 0.6) is 11.7 Å². The Hall–Kier alpha value is -3.41. The number of fused-ring (bicyclic) bond motifs is 3. The Morgan fingerprint density at radius 2 is 1.88 bits per heavy atom. The van der Waals surface area contributed by atoms with Crippen LogP contribution in [0.3, 0.4) is 0 Å². The number of furan rings is 2. The molecule has 120 valence electrons. The molecule has 24 heavy (non-hydrogen) atoms. The van der Waals surface area contributed by atoms with Gasteiger partial charge in [0, 0.05) is 22.4 Å². The lowest BCUT2D eigenvalue weighted by molar-refractivity contribution is 0.133. The van der Waals surface area contributed by atoms with Gasteiger partial charge in [-0.15, -0.1) is 0 Å². The molecule has 0 spiro atoms. The van der Waals surface area contributed by atoms with E-state index in [2.05, 4.69) is 4.74 Å². The largest absolute Gasteiger partial charge is 0.513 e. The van der Waals surface area contributed by atoms with Gasteiger partial charge in [0.2, 0.25) is 0 Å². The summed E-state index contributed by atoms with van der Waals surface area (Å²) < 4.78 is 20.9. The summed E-state index contributed by atoms with van der Waals surface area (Å²) in [6, 6.07) is 14.9. The van der Waals surface area contributed by atoms with E-state index in [1.165, 1.54) is 12.3 Å². The molecule has 0 fully saturated rings. The van der Waals surface area contributed by atoms with E-state index in [1.54, 1.807) is 0 Å². The molecule has 0 amide bonds. The number of carbonyl (C=O) groups is 1. The van der Waals surface area contributed by atoms with Crippen LogP contribution >= 0.6 is 0 Å². The molecule has 0 unspecified atom stereocenters. The van der Waals surface area contributed by atoms with E-state index in [9.17, 15) is 4.79 Å². The average Bonchev–Trinajstić information content (AvgIpc) is 3.16. The number of para-hydroxylation sites is 1.